The van der Waals surface area contributed by atoms with Gasteiger partial charge in [-0.05, 0) is 0 Å². The van der Waals surface area contributed by atoms with Crippen LogP contribution in [0.1, 0.15) is 0 Å². The number of carbonyl (C=O) groups is 1. The molecular formula is C7H12NaO7. The molecule has 15 heavy (non-hydrogen) atoms. The predicted octanol–water partition coefficient (Wildman–Crippen LogP) is -2.86. The zero-order valence-electron chi connectivity index (χ0n) is 8.40. The summed E-state index contributed by atoms with van der Waals surface area (Å²) in [5.74, 6) is -1.43. The molecule has 0 spiro atoms. The molecule has 1 rings (SSSR count). The number of aliphatic hydroxyl groups excluding tert-OH is 3. The fourth-order valence-corrected chi connectivity index (χ4v) is 1.25. The van der Waals surface area contributed by atoms with Gasteiger partial charge in [0.2, 0.25) is 0 Å². The zero-order chi connectivity index (χ0) is 10.9. The number of methoxy groups -OCH3 is 1. The maximum Gasteiger partial charge on any atom is 0.335 e. The Morgan fingerprint density at radius 3 is 2.13 bits per heavy atom. The van der Waals surface area contributed by atoms with Gasteiger partial charge in [0.15, 0.2) is 12.4 Å². The number of carboxylic acids is 1. The van der Waals surface area contributed by atoms with E-state index in [9.17, 15) is 20.1 Å². The molecule has 1 saturated heterocycles. The van der Waals surface area contributed by atoms with E-state index in [0.717, 1.165) is 0 Å². The van der Waals surface area contributed by atoms with Gasteiger partial charge in [0.25, 0.3) is 0 Å². The fourth-order valence-electron chi connectivity index (χ4n) is 1.25. The van der Waals surface area contributed by atoms with Crippen LogP contribution >= 0.6 is 0 Å². The van der Waals surface area contributed by atoms with Crippen LogP contribution in [-0.2, 0) is 14.3 Å². The van der Waals surface area contributed by atoms with E-state index >= 15 is 0 Å². The molecule has 1 aliphatic rings. The molecule has 1 aliphatic heterocycles. The Morgan fingerprint density at radius 1 is 1.20 bits per heavy atom. The van der Waals surface area contributed by atoms with E-state index in [1.807, 2.05) is 0 Å². The van der Waals surface area contributed by atoms with E-state index in [0.29, 0.717) is 0 Å². The molecule has 1 heterocycles. The summed E-state index contributed by atoms with van der Waals surface area (Å²) in [6.07, 6.45) is -7.60. The van der Waals surface area contributed by atoms with Gasteiger partial charge in [-0.15, -0.1) is 0 Å². The van der Waals surface area contributed by atoms with E-state index in [2.05, 4.69) is 4.74 Å². The van der Waals surface area contributed by atoms with Crippen LogP contribution in [0.25, 0.3) is 0 Å². The second-order valence-corrected chi connectivity index (χ2v) is 2.97. The third-order valence-electron chi connectivity index (χ3n) is 2.05. The molecule has 0 aromatic heterocycles. The van der Waals surface area contributed by atoms with Crippen LogP contribution in [0, 0.1) is 0 Å². The van der Waals surface area contributed by atoms with Crippen LogP contribution in [0.2, 0.25) is 0 Å². The van der Waals surface area contributed by atoms with Gasteiger partial charge in [-0.1, -0.05) is 0 Å². The van der Waals surface area contributed by atoms with Crippen LogP contribution in [0.15, 0.2) is 0 Å². The summed E-state index contributed by atoms with van der Waals surface area (Å²) in [5, 5.41) is 36.3. The molecule has 1 radical (unpaired) electrons. The summed E-state index contributed by atoms with van der Waals surface area (Å²) in [7, 11) is 1.19. The van der Waals surface area contributed by atoms with Gasteiger partial charge in [-0.2, -0.15) is 0 Å². The molecule has 0 saturated carbocycles. The number of carboxylic acid groups (broad SMARTS) is 1. The first-order chi connectivity index (χ1) is 6.49. The third kappa shape index (κ3) is 3.11. The van der Waals surface area contributed by atoms with Gasteiger partial charge >= 0.3 is 5.97 Å². The minimum atomic E-state index is -1.67. The smallest absolute Gasteiger partial charge is 0.335 e. The van der Waals surface area contributed by atoms with Crippen molar-refractivity contribution in [2.45, 2.75) is 30.7 Å². The van der Waals surface area contributed by atoms with E-state index < -0.39 is 36.7 Å². The predicted molar refractivity (Wildman–Crippen MR) is 47.1 cm³/mol. The largest absolute Gasteiger partial charge is 0.479 e. The molecule has 0 bridgehead atoms. The minimum absolute atomic E-state index is 0. The fraction of sp³-hybridized carbons (Fsp3) is 0.857. The van der Waals surface area contributed by atoms with Crippen molar-refractivity contribution in [2.75, 3.05) is 7.11 Å². The van der Waals surface area contributed by atoms with Crippen LogP contribution in [-0.4, -0.2) is 93.8 Å². The average molecular weight is 231 g/mol. The molecule has 83 valence electrons. The maximum atomic E-state index is 10.5. The first-order valence-electron chi connectivity index (χ1n) is 3.94. The summed E-state index contributed by atoms with van der Waals surface area (Å²) in [6, 6.07) is 0. The van der Waals surface area contributed by atoms with Crippen molar-refractivity contribution in [3.05, 3.63) is 0 Å². The van der Waals surface area contributed by atoms with Crippen LogP contribution in [0.3, 0.4) is 0 Å². The van der Waals surface area contributed by atoms with Crippen LogP contribution < -0.4 is 0 Å². The monoisotopic (exact) mass is 231 g/mol. The SMILES string of the molecule is CO[C@@H]1O[C@@H](C(=O)O)[C@@H](O)[C@H](O)[C@H]1O.[Na]. The number of aliphatic carboxylic acids is 1. The summed E-state index contributed by atoms with van der Waals surface area (Å²) < 4.78 is 9.31. The molecule has 0 aromatic carbocycles. The summed E-state index contributed by atoms with van der Waals surface area (Å²) in [4.78, 5) is 10.5. The third-order valence-corrected chi connectivity index (χ3v) is 2.05. The van der Waals surface area contributed by atoms with Crippen molar-refractivity contribution < 1.29 is 34.7 Å². The molecular weight excluding hydrogens is 219 g/mol. The van der Waals surface area contributed by atoms with Gasteiger partial charge in [0.05, 0.1) is 0 Å². The van der Waals surface area contributed by atoms with Crippen molar-refractivity contribution in [2.24, 2.45) is 0 Å². The first-order valence-corrected chi connectivity index (χ1v) is 3.94. The molecule has 0 aliphatic carbocycles. The Labute approximate surface area is 108 Å². The topological polar surface area (TPSA) is 116 Å². The molecule has 8 heteroatoms. The van der Waals surface area contributed by atoms with E-state index in [1.165, 1.54) is 7.11 Å². The molecule has 1 fully saturated rings. The van der Waals surface area contributed by atoms with E-state index in [-0.39, 0.29) is 29.6 Å². The average Bonchev–Trinajstić information content (AvgIpc) is 2.14. The Balaban J connectivity index is 0.00000196. The second-order valence-electron chi connectivity index (χ2n) is 2.97. The Bertz CT molecular complexity index is 221. The number of hydrogen-bond acceptors (Lipinski definition) is 6. The summed E-state index contributed by atoms with van der Waals surface area (Å²) in [5.41, 5.74) is 0. The molecule has 7 nitrogen and oxygen atoms in total. The molecule has 0 amide bonds. The second kappa shape index (κ2) is 6.12. The van der Waals surface area contributed by atoms with E-state index in [4.69, 9.17) is 9.84 Å². The normalized spacial score (nSPS) is 40.7. The number of ether oxygens (including phenoxy) is 2. The Hall–Kier alpha value is 0.270. The van der Waals surface area contributed by atoms with Gasteiger partial charge in [-0.25, -0.2) is 4.79 Å². The molecule has 0 aromatic rings. The van der Waals surface area contributed by atoms with Gasteiger partial charge in [-0.3, -0.25) is 0 Å². The van der Waals surface area contributed by atoms with Crippen molar-refractivity contribution in [1.29, 1.82) is 0 Å². The summed E-state index contributed by atoms with van der Waals surface area (Å²) >= 11 is 0. The van der Waals surface area contributed by atoms with Crippen LogP contribution in [0.5, 0.6) is 0 Å². The minimum Gasteiger partial charge on any atom is -0.479 e. The number of aliphatic hydroxyl groups is 3. The van der Waals surface area contributed by atoms with Crippen LogP contribution in [0.4, 0.5) is 0 Å². The van der Waals surface area contributed by atoms with Gasteiger partial charge < -0.3 is 29.9 Å². The molecule has 4 N–H and O–H groups in total. The van der Waals surface area contributed by atoms with Crippen molar-refractivity contribution in [3.63, 3.8) is 0 Å². The number of hydrogen-bond donors (Lipinski definition) is 4. The maximum absolute atomic E-state index is 10.5. The summed E-state index contributed by atoms with van der Waals surface area (Å²) in [6.45, 7) is 0. The molecule has 5 atom stereocenters. The molecule has 0 unspecified atom stereocenters. The van der Waals surface area contributed by atoms with Gasteiger partial charge in [0, 0.05) is 36.7 Å². The number of rotatable bonds is 2. The quantitative estimate of drug-likeness (QED) is 0.378. The van der Waals surface area contributed by atoms with Gasteiger partial charge in [0.1, 0.15) is 18.3 Å². The van der Waals surface area contributed by atoms with Crippen molar-refractivity contribution in [3.8, 4) is 0 Å². The van der Waals surface area contributed by atoms with Crippen molar-refractivity contribution >= 4 is 35.5 Å². The first kappa shape index (κ1) is 15.3. The van der Waals surface area contributed by atoms with E-state index in [1.54, 1.807) is 0 Å². The van der Waals surface area contributed by atoms with Crippen molar-refractivity contribution in [1.82, 2.24) is 0 Å². The Kier molecular flexibility index (Phi) is 6.23. The standard InChI is InChI=1S/C7H12O7.Na/c1-13-7-4(10)2(8)3(9)5(14-7)6(11)12;/h2-5,7-10H,1H3,(H,11,12);/t2-,3-,4+,5+,7+;/m0./s1. The Morgan fingerprint density at radius 2 is 1.73 bits per heavy atom. The zero-order valence-corrected chi connectivity index (χ0v) is 10.4.